The summed E-state index contributed by atoms with van der Waals surface area (Å²) >= 11 is 0. The van der Waals surface area contributed by atoms with E-state index in [9.17, 15) is 12.8 Å². The Kier molecular flexibility index (Phi) is 4.70. The average Bonchev–Trinajstić information content (AvgIpc) is 2.80. The zero-order chi connectivity index (χ0) is 16.3. The summed E-state index contributed by atoms with van der Waals surface area (Å²) in [5.41, 5.74) is 0.530. The van der Waals surface area contributed by atoms with Crippen LogP contribution in [-0.2, 0) is 10.0 Å². The number of anilines is 2. The smallest absolute Gasteiger partial charge is 0.266 e. The highest BCUT2D eigenvalue weighted by molar-refractivity contribution is 7.92. The molecular weight excluding hydrogens is 309 g/mol. The summed E-state index contributed by atoms with van der Waals surface area (Å²) < 4.78 is 45.3. The molecule has 1 aromatic heterocycles. The van der Waals surface area contributed by atoms with Crippen molar-refractivity contribution in [2.45, 2.75) is 25.7 Å². The van der Waals surface area contributed by atoms with Crippen LogP contribution in [0.2, 0.25) is 0 Å². The van der Waals surface area contributed by atoms with Crippen molar-refractivity contribution in [1.82, 2.24) is 5.16 Å². The van der Waals surface area contributed by atoms with Crippen molar-refractivity contribution in [1.29, 1.82) is 0 Å². The number of hydrogen-bond donors (Lipinski definition) is 2. The summed E-state index contributed by atoms with van der Waals surface area (Å²) in [5, 5.41) is 6.56. The molecule has 0 radical (unpaired) electrons. The second kappa shape index (κ2) is 6.35. The molecule has 0 aliphatic rings. The van der Waals surface area contributed by atoms with Gasteiger partial charge < -0.3 is 9.84 Å². The van der Waals surface area contributed by atoms with E-state index in [0.717, 1.165) is 6.07 Å². The fourth-order valence-electron chi connectivity index (χ4n) is 1.76. The molecule has 0 spiro atoms. The van der Waals surface area contributed by atoms with E-state index in [1.165, 1.54) is 18.2 Å². The summed E-state index contributed by atoms with van der Waals surface area (Å²) in [7, 11) is -4.05. The molecule has 0 aliphatic carbocycles. The van der Waals surface area contributed by atoms with Crippen molar-refractivity contribution in [2.75, 3.05) is 16.6 Å². The van der Waals surface area contributed by atoms with Gasteiger partial charge in [-0.2, -0.15) is 0 Å². The van der Waals surface area contributed by atoms with E-state index in [2.05, 4.69) is 15.2 Å². The van der Waals surface area contributed by atoms with Gasteiger partial charge in [0.2, 0.25) is 0 Å². The predicted molar refractivity (Wildman–Crippen MR) is 81.8 cm³/mol. The first-order chi connectivity index (χ1) is 10.3. The van der Waals surface area contributed by atoms with Crippen LogP contribution in [0.15, 0.2) is 33.7 Å². The molecule has 0 saturated heterocycles. The lowest BCUT2D eigenvalue weighted by Gasteiger charge is -2.11. The van der Waals surface area contributed by atoms with Crippen LogP contribution in [0.1, 0.15) is 19.6 Å². The van der Waals surface area contributed by atoms with Crippen LogP contribution >= 0.6 is 0 Å². The van der Waals surface area contributed by atoms with Gasteiger partial charge >= 0.3 is 0 Å². The molecule has 0 amide bonds. The Morgan fingerprint density at radius 1 is 1.32 bits per heavy atom. The highest BCUT2D eigenvalue weighted by Crippen LogP contribution is 2.22. The normalized spacial score (nSPS) is 11.7. The van der Waals surface area contributed by atoms with Gasteiger partial charge in [0.05, 0.1) is 0 Å². The van der Waals surface area contributed by atoms with Gasteiger partial charge in [-0.3, -0.25) is 4.72 Å². The van der Waals surface area contributed by atoms with Crippen LogP contribution < -0.4 is 10.0 Å². The lowest BCUT2D eigenvalue weighted by molar-refractivity contribution is 0.400. The Morgan fingerprint density at radius 2 is 2.05 bits per heavy atom. The van der Waals surface area contributed by atoms with Crippen molar-refractivity contribution < 1.29 is 17.3 Å². The summed E-state index contributed by atoms with van der Waals surface area (Å²) in [5.74, 6) is 0.0235. The first-order valence-corrected chi connectivity index (χ1v) is 8.26. The molecule has 2 rings (SSSR count). The summed E-state index contributed by atoms with van der Waals surface area (Å²) in [6, 6.07) is 5.31. The van der Waals surface area contributed by atoms with E-state index < -0.39 is 20.7 Å². The average molecular weight is 327 g/mol. The fraction of sp³-hybridized carbons (Fsp3) is 0.357. The maximum atomic E-state index is 14.1. The first-order valence-electron chi connectivity index (χ1n) is 6.77. The van der Waals surface area contributed by atoms with E-state index in [-0.39, 0.29) is 5.82 Å². The summed E-state index contributed by atoms with van der Waals surface area (Å²) in [4.78, 5) is -0.441. The number of nitrogens with one attached hydrogen (secondary N) is 2. The van der Waals surface area contributed by atoms with Crippen LogP contribution in [0.5, 0.6) is 0 Å². The van der Waals surface area contributed by atoms with Gasteiger partial charge in [-0.25, -0.2) is 12.8 Å². The largest absolute Gasteiger partial charge is 0.385 e. The van der Waals surface area contributed by atoms with Gasteiger partial charge in [-0.1, -0.05) is 19.0 Å². The van der Waals surface area contributed by atoms with Crippen molar-refractivity contribution in [2.24, 2.45) is 5.92 Å². The monoisotopic (exact) mass is 327 g/mol. The number of halogens is 1. The van der Waals surface area contributed by atoms with Crippen LogP contribution in [0.3, 0.4) is 0 Å². The molecule has 0 atom stereocenters. The third-order valence-electron chi connectivity index (χ3n) is 2.80. The minimum atomic E-state index is -4.05. The van der Waals surface area contributed by atoms with Gasteiger partial charge in [0.15, 0.2) is 5.82 Å². The number of aromatic nitrogens is 1. The topological polar surface area (TPSA) is 84.2 Å². The van der Waals surface area contributed by atoms with Gasteiger partial charge in [0.25, 0.3) is 10.0 Å². The highest BCUT2D eigenvalue weighted by Gasteiger charge is 2.21. The molecule has 22 heavy (non-hydrogen) atoms. The number of sulfonamides is 1. The predicted octanol–water partition coefficient (Wildman–Crippen LogP) is 2.99. The van der Waals surface area contributed by atoms with Crippen molar-refractivity contribution in [3.8, 4) is 0 Å². The Hall–Kier alpha value is -2.09. The summed E-state index contributed by atoms with van der Waals surface area (Å²) in [6.45, 7) is 6.33. The van der Waals surface area contributed by atoms with Crippen molar-refractivity contribution >= 4 is 21.5 Å². The maximum Gasteiger partial charge on any atom is 0.266 e. The molecule has 0 unspecified atom stereocenters. The van der Waals surface area contributed by atoms with Crippen LogP contribution in [0.4, 0.5) is 15.9 Å². The third-order valence-corrected chi connectivity index (χ3v) is 4.19. The SMILES string of the molecule is Cc1cc(NS(=O)(=O)c2ccc(NCC(C)C)cc2F)no1. The standard InChI is InChI=1S/C14H18FN3O3S/c1-9(2)8-16-11-4-5-13(12(15)7-11)22(19,20)18-14-6-10(3)21-17-14/h4-7,9,16H,8H2,1-3H3,(H,17,18). The Balaban J connectivity index is 2.20. The van der Waals surface area contributed by atoms with E-state index in [0.29, 0.717) is 23.9 Å². The van der Waals surface area contributed by atoms with E-state index in [1.54, 1.807) is 6.92 Å². The van der Waals surface area contributed by atoms with Crippen molar-refractivity contribution in [3.63, 3.8) is 0 Å². The second-order valence-electron chi connectivity index (χ2n) is 5.35. The number of nitrogens with zero attached hydrogens (tertiary/aromatic N) is 1. The molecule has 0 bridgehead atoms. The zero-order valence-electron chi connectivity index (χ0n) is 12.6. The van der Waals surface area contributed by atoms with Gasteiger partial charge in [-0.15, -0.1) is 0 Å². The Labute approximate surface area is 128 Å². The Morgan fingerprint density at radius 3 is 2.59 bits per heavy atom. The van der Waals surface area contributed by atoms with Gasteiger partial charge in [0, 0.05) is 18.3 Å². The lowest BCUT2D eigenvalue weighted by atomic mass is 10.2. The molecule has 2 N–H and O–H groups in total. The van der Waals surface area contributed by atoms with E-state index in [4.69, 9.17) is 4.52 Å². The molecule has 2 aromatic rings. The van der Waals surface area contributed by atoms with Crippen LogP contribution in [-0.4, -0.2) is 20.1 Å². The molecule has 8 heteroatoms. The second-order valence-corrected chi connectivity index (χ2v) is 7.00. The zero-order valence-corrected chi connectivity index (χ0v) is 13.4. The van der Waals surface area contributed by atoms with Gasteiger partial charge in [-0.05, 0) is 31.0 Å². The molecule has 6 nitrogen and oxygen atoms in total. The van der Waals surface area contributed by atoms with E-state index in [1.807, 2.05) is 13.8 Å². The maximum absolute atomic E-state index is 14.1. The fourth-order valence-corrected chi connectivity index (χ4v) is 2.80. The van der Waals surface area contributed by atoms with Gasteiger partial charge in [0.1, 0.15) is 16.5 Å². The first kappa shape index (κ1) is 16.3. The molecule has 1 aromatic carbocycles. The molecule has 0 fully saturated rings. The molecule has 120 valence electrons. The summed E-state index contributed by atoms with van der Waals surface area (Å²) in [6.07, 6.45) is 0. The van der Waals surface area contributed by atoms with Crippen molar-refractivity contribution in [3.05, 3.63) is 35.8 Å². The highest BCUT2D eigenvalue weighted by atomic mass is 32.2. The van der Waals surface area contributed by atoms with Crippen LogP contribution in [0.25, 0.3) is 0 Å². The van der Waals surface area contributed by atoms with E-state index >= 15 is 0 Å². The lowest BCUT2D eigenvalue weighted by Crippen LogP contribution is -2.15. The van der Waals surface area contributed by atoms with Crippen LogP contribution in [0, 0.1) is 18.7 Å². The number of hydrogen-bond acceptors (Lipinski definition) is 5. The number of aryl methyl sites for hydroxylation is 1. The molecule has 1 heterocycles. The number of benzene rings is 1. The third kappa shape index (κ3) is 3.97. The number of rotatable bonds is 6. The Bertz CT molecular complexity index is 756. The minimum Gasteiger partial charge on any atom is -0.385 e. The molecule has 0 saturated carbocycles. The quantitative estimate of drug-likeness (QED) is 0.852. The minimum absolute atomic E-state index is 0.0129. The molecule has 0 aliphatic heterocycles. The molecular formula is C14H18FN3O3S.